The van der Waals surface area contributed by atoms with Crippen LogP contribution in [-0.2, 0) is 11.3 Å². The largest absolute Gasteiger partial charge is 0.383 e. The number of hydrogen-bond donors (Lipinski definition) is 1. The van der Waals surface area contributed by atoms with Gasteiger partial charge in [0.1, 0.15) is 0 Å². The second-order valence-electron chi connectivity index (χ2n) is 5.13. The van der Waals surface area contributed by atoms with Crippen molar-refractivity contribution in [3.63, 3.8) is 0 Å². The van der Waals surface area contributed by atoms with Crippen LogP contribution in [0, 0.1) is 0 Å². The maximum Gasteiger partial charge on any atom is 0.0723 e. The standard InChI is InChI=1S/C16H23N3O/c1-12(2)19(8-9-20-3)16-13(10-17)11-18-15-7-5-4-6-14(15)16/h4-7,11-12H,8-10,17H2,1-3H3. The molecule has 108 valence electrons. The highest BCUT2D eigenvalue weighted by atomic mass is 16.5. The number of fused-ring (bicyclic) bond motifs is 1. The quantitative estimate of drug-likeness (QED) is 0.879. The molecule has 2 N–H and O–H groups in total. The van der Waals surface area contributed by atoms with E-state index in [1.165, 1.54) is 5.69 Å². The summed E-state index contributed by atoms with van der Waals surface area (Å²) in [5.74, 6) is 0. The molecule has 20 heavy (non-hydrogen) atoms. The predicted molar refractivity (Wildman–Crippen MR) is 84.0 cm³/mol. The van der Waals surface area contributed by atoms with E-state index in [4.69, 9.17) is 10.5 Å². The predicted octanol–water partition coefficient (Wildman–Crippen LogP) is 2.55. The lowest BCUT2D eigenvalue weighted by atomic mass is 10.1. The van der Waals surface area contributed by atoms with Gasteiger partial charge in [-0.2, -0.15) is 0 Å². The summed E-state index contributed by atoms with van der Waals surface area (Å²) in [6, 6.07) is 8.58. The topological polar surface area (TPSA) is 51.4 Å². The summed E-state index contributed by atoms with van der Waals surface area (Å²) in [6.07, 6.45) is 1.89. The fourth-order valence-corrected chi connectivity index (χ4v) is 2.47. The van der Waals surface area contributed by atoms with E-state index in [0.29, 0.717) is 19.2 Å². The summed E-state index contributed by atoms with van der Waals surface area (Å²) in [4.78, 5) is 6.84. The van der Waals surface area contributed by atoms with Crippen LogP contribution in [0.3, 0.4) is 0 Å². The molecule has 1 heterocycles. The number of nitrogens with two attached hydrogens (primary N) is 1. The highest BCUT2D eigenvalue weighted by molar-refractivity contribution is 5.93. The lowest BCUT2D eigenvalue weighted by molar-refractivity contribution is 0.204. The highest BCUT2D eigenvalue weighted by Gasteiger charge is 2.17. The number of nitrogens with zero attached hydrogens (tertiary/aromatic N) is 2. The lowest BCUT2D eigenvalue weighted by Gasteiger charge is -2.31. The van der Waals surface area contributed by atoms with Crippen molar-refractivity contribution in [3.8, 4) is 0 Å². The van der Waals surface area contributed by atoms with Crippen molar-refractivity contribution in [3.05, 3.63) is 36.0 Å². The first-order chi connectivity index (χ1) is 9.69. The monoisotopic (exact) mass is 273 g/mol. The van der Waals surface area contributed by atoms with E-state index in [-0.39, 0.29) is 0 Å². The van der Waals surface area contributed by atoms with Crippen molar-refractivity contribution in [2.75, 3.05) is 25.2 Å². The fourth-order valence-electron chi connectivity index (χ4n) is 2.47. The van der Waals surface area contributed by atoms with Crippen LogP contribution in [0.25, 0.3) is 10.9 Å². The van der Waals surface area contributed by atoms with Crippen LogP contribution in [0.15, 0.2) is 30.5 Å². The molecule has 4 nitrogen and oxygen atoms in total. The Labute approximate surface area is 120 Å². The average Bonchev–Trinajstić information content (AvgIpc) is 2.47. The molecule has 1 aromatic carbocycles. The molecule has 0 saturated heterocycles. The molecule has 0 spiro atoms. The van der Waals surface area contributed by atoms with Crippen molar-refractivity contribution in [1.82, 2.24) is 4.98 Å². The maximum absolute atomic E-state index is 5.91. The third kappa shape index (κ3) is 2.92. The number of rotatable bonds is 6. The Hall–Kier alpha value is -1.65. The third-order valence-corrected chi connectivity index (χ3v) is 3.49. The van der Waals surface area contributed by atoms with Crippen LogP contribution >= 0.6 is 0 Å². The molecule has 0 unspecified atom stereocenters. The molecule has 0 aliphatic heterocycles. The van der Waals surface area contributed by atoms with E-state index < -0.39 is 0 Å². The van der Waals surface area contributed by atoms with Gasteiger partial charge in [0.2, 0.25) is 0 Å². The molecule has 0 bridgehead atoms. The van der Waals surface area contributed by atoms with Gasteiger partial charge in [0, 0.05) is 43.4 Å². The molecule has 4 heteroatoms. The Kier molecular flexibility index (Phi) is 4.93. The van der Waals surface area contributed by atoms with Crippen molar-refractivity contribution in [2.45, 2.75) is 26.4 Å². The van der Waals surface area contributed by atoms with Gasteiger partial charge in [0.05, 0.1) is 17.8 Å². The van der Waals surface area contributed by atoms with Gasteiger partial charge in [0.25, 0.3) is 0 Å². The summed E-state index contributed by atoms with van der Waals surface area (Å²) < 4.78 is 5.24. The summed E-state index contributed by atoms with van der Waals surface area (Å²) in [7, 11) is 1.73. The van der Waals surface area contributed by atoms with Crippen LogP contribution < -0.4 is 10.6 Å². The Morgan fingerprint density at radius 1 is 1.30 bits per heavy atom. The minimum Gasteiger partial charge on any atom is -0.383 e. The normalized spacial score (nSPS) is 11.2. The van der Waals surface area contributed by atoms with Gasteiger partial charge in [-0.05, 0) is 19.9 Å². The van der Waals surface area contributed by atoms with Crippen LogP contribution in [0.1, 0.15) is 19.4 Å². The van der Waals surface area contributed by atoms with Crippen LogP contribution in [0.2, 0.25) is 0 Å². The van der Waals surface area contributed by atoms with Crippen LogP contribution in [0.5, 0.6) is 0 Å². The molecule has 2 rings (SSSR count). The lowest BCUT2D eigenvalue weighted by Crippen LogP contribution is -2.35. The number of anilines is 1. The summed E-state index contributed by atoms with van der Waals surface area (Å²) in [5.41, 5.74) is 9.18. The molecular weight excluding hydrogens is 250 g/mol. The minimum atomic E-state index is 0.376. The van der Waals surface area contributed by atoms with Gasteiger partial charge >= 0.3 is 0 Å². The Morgan fingerprint density at radius 3 is 2.70 bits per heavy atom. The number of pyridine rings is 1. The molecule has 0 amide bonds. The van der Waals surface area contributed by atoms with E-state index in [0.717, 1.165) is 23.0 Å². The first-order valence-corrected chi connectivity index (χ1v) is 7.01. The summed E-state index contributed by atoms with van der Waals surface area (Å²) >= 11 is 0. The zero-order valence-electron chi connectivity index (χ0n) is 12.5. The van der Waals surface area contributed by atoms with Crippen molar-refractivity contribution < 1.29 is 4.74 Å². The number of hydrogen-bond acceptors (Lipinski definition) is 4. The molecule has 2 aromatic rings. The minimum absolute atomic E-state index is 0.376. The van der Waals surface area contributed by atoms with Gasteiger partial charge in [-0.3, -0.25) is 4.98 Å². The molecule has 0 atom stereocenters. The number of ether oxygens (including phenoxy) is 1. The first-order valence-electron chi connectivity index (χ1n) is 7.01. The SMILES string of the molecule is COCCN(c1c(CN)cnc2ccccc12)C(C)C. The maximum atomic E-state index is 5.91. The number of para-hydroxylation sites is 1. The van der Waals surface area contributed by atoms with E-state index in [1.807, 2.05) is 24.4 Å². The third-order valence-electron chi connectivity index (χ3n) is 3.49. The summed E-state index contributed by atoms with van der Waals surface area (Å²) in [5, 5.41) is 1.15. The molecular formula is C16H23N3O. The van der Waals surface area contributed by atoms with Gasteiger partial charge in [-0.1, -0.05) is 18.2 Å². The van der Waals surface area contributed by atoms with Crippen molar-refractivity contribution >= 4 is 16.6 Å². The van der Waals surface area contributed by atoms with E-state index in [9.17, 15) is 0 Å². The smallest absolute Gasteiger partial charge is 0.0723 e. The van der Waals surface area contributed by atoms with Gasteiger partial charge in [-0.25, -0.2) is 0 Å². The van der Waals surface area contributed by atoms with Gasteiger partial charge < -0.3 is 15.4 Å². The van der Waals surface area contributed by atoms with Crippen LogP contribution in [0.4, 0.5) is 5.69 Å². The zero-order valence-corrected chi connectivity index (χ0v) is 12.5. The molecule has 0 radical (unpaired) electrons. The Balaban J connectivity index is 2.58. The molecule has 0 aliphatic carbocycles. The van der Waals surface area contributed by atoms with E-state index in [2.05, 4.69) is 29.8 Å². The van der Waals surface area contributed by atoms with E-state index in [1.54, 1.807) is 7.11 Å². The zero-order chi connectivity index (χ0) is 14.5. The fraction of sp³-hybridized carbons (Fsp3) is 0.438. The first kappa shape index (κ1) is 14.8. The number of aromatic nitrogens is 1. The second kappa shape index (κ2) is 6.68. The molecule has 0 saturated carbocycles. The Bertz CT molecular complexity index is 569. The van der Waals surface area contributed by atoms with Gasteiger partial charge in [0.15, 0.2) is 0 Å². The molecule has 0 fully saturated rings. The number of benzene rings is 1. The molecule has 0 aliphatic rings. The van der Waals surface area contributed by atoms with Gasteiger partial charge in [-0.15, -0.1) is 0 Å². The van der Waals surface area contributed by atoms with E-state index >= 15 is 0 Å². The molecule has 1 aromatic heterocycles. The Morgan fingerprint density at radius 2 is 2.05 bits per heavy atom. The van der Waals surface area contributed by atoms with Crippen LogP contribution in [-0.4, -0.2) is 31.3 Å². The highest BCUT2D eigenvalue weighted by Crippen LogP contribution is 2.30. The van der Waals surface area contributed by atoms with Crippen molar-refractivity contribution in [2.24, 2.45) is 5.73 Å². The van der Waals surface area contributed by atoms with Crippen molar-refractivity contribution in [1.29, 1.82) is 0 Å². The summed E-state index contributed by atoms with van der Waals surface area (Å²) in [6.45, 7) is 6.40. The number of methoxy groups -OCH3 is 1. The second-order valence-corrected chi connectivity index (χ2v) is 5.13. The average molecular weight is 273 g/mol.